The molecule has 0 saturated heterocycles. The van der Waals surface area contributed by atoms with Gasteiger partial charge >= 0.3 is 0 Å². The van der Waals surface area contributed by atoms with Crippen LogP contribution < -0.4 is 5.73 Å². The largest absolute Gasteiger partial charge is 0.382 e. The van der Waals surface area contributed by atoms with E-state index in [1.54, 1.807) is 12.2 Å². The number of nitrogens with two attached hydrogens (primary N) is 1. The molecule has 0 saturated carbocycles. The van der Waals surface area contributed by atoms with E-state index in [2.05, 4.69) is 23.1 Å². The lowest BCUT2D eigenvalue weighted by molar-refractivity contribution is 1.17. The Morgan fingerprint density at radius 3 is 2.45 bits per heavy atom. The maximum absolute atomic E-state index is 5.40. The van der Waals surface area contributed by atoms with Crippen LogP contribution in [0.15, 0.2) is 19.4 Å². The van der Waals surface area contributed by atoms with Crippen molar-refractivity contribution >= 4 is 18.0 Å². The number of hydrogen-bond acceptors (Lipinski definition) is 3. The second kappa shape index (κ2) is 2.96. The Balaban J connectivity index is 3.26. The molecule has 0 aliphatic carbocycles. The molecule has 1 aromatic rings. The van der Waals surface area contributed by atoms with Crippen molar-refractivity contribution in [2.45, 2.75) is 0 Å². The summed E-state index contributed by atoms with van der Waals surface area (Å²) in [7, 11) is 0. The smallest absolute Gasteiger partial charge is 0.142 e. The monoisotopic (exact) mass is 147 g/mol. The van der Waals surface area contributed by atoms with Crippen LogP contribution in [0.4, 0.5) is 5.82 Å². The minimum Gasteiger partial charge on any atom is -0.382 e. The summed E-state index contributed by atoms with van der Waals surface area (Å²) in [6, 6.07) is 0. The molecular formula is C8H9N3. The van der Waals surface area contributed by atoms with Crippen molar-refractivity contribution in [3.63, 3.8) is 0 Å². The van der Waals surface area contributed by atoms with Crippen molar-refractivity contribution < 1.29 is 0 Å². The zero-order valence-electron chi connectivity index (χ0n) is 6.12. The van der Waals surface area contributed by atoms with Gasteiger partial charge in [0.1, 0.15) is 5.82 Å². The molecule has 56 valence electrons. The van der Waals surface area contributed by atoms with Gasteiger partial charge in [0.05, 0.1) is 17.6 Å². The van der Waals surface area contributed by atoms with Crippen LogP contribution in [0.25, 0.3) is 12.2 Å². The quantitative estimate of drug-likeness (QED) is 0.686. The molecule has 0 aromatic carbocycles. The summed E-state index contributed by atoms with van der Waals surface area (Å²) < 4.78 is 0. The predicted molar refractivity (Wildman–Crippen MR) is 46.6 cm³/mol. The van der Waals surface area contributed by atoms with Crippen LogP contribution in [0, 0.1) is 0 Å². The molecule has 2 N–H and O–H groups in total. The third-order valence-corrected chi connectivity index (χ3v) is 1.23. The Morgan fingerprint density at radius 2 is 1.91 bits per heavy atom. The number of anilines is 1. The van der Waals surface area contributed by atoms with Crippen LogP contribution in [-0.4, -0.2) is 9.97 Å². The maximum atomic E-state index is 5.40. The topological polar surface area (TPSA) is 51.8 Å². The highest BCUT2D eigenvalue weighted by Crippen LogP contribution is 2.07. The molecule has 3 heteroatoms. The SMILES string of the molecule is C=Cc1ncc(N)nc1C=C. The first-order chi connectivity index (χ1) is 5.27. The van der Waals surface area contributed by atoms with Crippen molar-refractivity contribution in [3.8, 4) is 0 Å². The highest BCUT2D eigenvalue weighted by Gasteiger charge is 1.97. The number of nitrogens with zero attached hydrogens (tertiary/aromatic N) is 2. The molecule has 0 aliphatic rings. The Hall–Kier alpha value is -1.64. The van der Waals surface area contributed by atoms with Crippen LogP contribution in [0.2, 0.25) is 0 Å². The second-order valence-corrected chi connectivity index (χ2v) is 1.97. The molecule has 1 heterocycles. The molecule has 0 bridgehead atoms. The standard InChI is InChI=1S/C8H9N3/c1-3-6-7(4-2)11-8(9)5-10-6/h3-5H,1-2H2,(H2,9,11). The van der Waals surface area contributed by atoms with Crippen LogP contribution >= 0.6 is 0 Å². The molecule has 0 fully saturated rings. The number of aromatic nitrogens is 2. The average molecular weight is 147 g/mol. The Labute approximate surface area is 65.3 Å². The van der Waals surface area contributed by atoms with E-state index in [0.717, 1.165) is 0 Å². The van der Waals surface area contributed by atoms with Gasteiger partial charge in [-0.05, 0) is 12.2 Å². The van der Waals surface area contributed by atoms with Crippen molar-refractivity contribution in [1.29, 1.82) is 0 Å². The Kier molecular flexibility index (Phi) is 2.01. The summed E-state index contributed by atoms with van der Waals surface area (Å²) in [5.41, 5.74) is 6.77. The summed E-state index contributed by atoms with van der Waals surface area (Å²) in [5, 5.41) is 0. The van der Waals surface area contributed by atoms with Gasteiger partial charge in [-0.25, -0.2) is 4.98 Å². The summed E-state index contributed by atoms with van der Waals surface area (Å²) in [6.45, 7) is 7.15. The van der Waals surface area contributed by atoms with Gasteiger partial charge in [-0.2, -0.15) is 0 Å². The van der Waals surface area contributed by atoms with Crippen LogP contribution in [-0.2, 0) is 0 Å². The fraction of sp³-hybridized carbons (Fsp3) is 0. The van der Waals surface area contributed by atoms with E-state index in [1.165, 1.54) is 6.20 Å². The molecule has 11 heavy (non-hydrogen) atoms. The predicted octanol–water partition coefficient (Wildman–Crippen LogP) is 1.34. The molecule has 0 aliphatic heterocycles. The minimum atomic E-state index is 0.394. The molecule has 0 atom stereocenters. The van der Waals surface area contributed by atoms with E-state index < -0.39 is 0 Å². The lowest BCUT2D eigenvalue weighted by Crippen LogP contribution is -1.96. The lowest BCUT2D eigenvalue weighted by atomic mass is 10.3. The molecule has 0 radical (unpaired) electrons. The van der Waals surface area contributed by atoms with Crippen LogP contribution in [0.5, 0.6) is 0 Å². The summed E-state index contributed by atoms with van der Waals surface area (Å²) in [5.74, 6) is 0.394. The summed E-state index contributed by atoms with van der Waals surface area (Å²) in [6.07, 6.45) is 4.70. The van der Waals surface area contributed by atoms with Crippen LogP contribution in [0.1, 0.15) is 11.4 Å². The molecule has 1 rings (SSSR count). The van der Waals surface area contributed by atoms with Crippen LogP contribution in [0.3, 0.4) is 0 Å². The zero-order valence-corrected chi connectivity index (χ0v) is 6.12. The van der Waals surface area contributed by atoms with Gasteiger partial charge in [-0.1, -0.05) is 13.2 Å². The fourth-order valence-corrected chi connectivity index (χ4v) is 0.735. The third-order valence-electron chi connectivity index (χ3n) is 1.23. The van der Waals surface area contributed by atoms with E-state index >= 15 is 0 Å². The van der Waals surface area contributed by atoms with Crippen molar-refractivity contribution in [3.05, 3.63) is 30.7 Å². The van der Waals surface area contributed by atoms with Crippen molar-refractivity contribution in [2.75, 3.05) is 5.73 Å². The molecule has 1 aromatic heterocycles. The summed E-state index contributed by atoms with van der Waals surface area (Å²) >= 11 is 0. The summed E-state index contributed by atoms with van der Waals surface area (Å²) in [4.78, 5) is 7.98. The third kappa shape index (κ3) is 1.43. The second-order valence-electron chi connectivity index (χ2n) is 1.97. The van der Waals surface area contributed by atoms with E-state index in [9.17, 15) is 0 Å². The highest BCUT2D eigenvalue weighted by molar-refractivity contribution is 5.58. The zero-order chi connectivity index (χ0) is 8.27. The number of hydrogen-bond donors (Lipinski definition) is 1. The highest BCUT2D eigenvalue weighted by atomic mass is 14.9. The van der Waals surface area contributed by atoms with E-state index in [0.29, 0.717) is 17.2 Å². The van der Waals surface area contributed by atoms with Gasteiger partial charge in [0.15, 0.2) is 0 Å². The van der Waals surface area contributed by atoms with Gasteiger partial charge < -0.3 is 5.73 Å². The fourth-order valence-electron chi connectivity index (χ4n) is 0.735. The number of rotatable bonds is 2. The average Bonchev–Trinajstić information content (AvgIpc) is 2.04. The van der Waals surface area contributed by atoms with Gasteiger partial charge in [0, 0.05) is 0 Å². The molecular weight excluding hydrogens is 138 g/mol. The van der Waals surface area contributed by atoms with E-state index in [1.807, 2.05) is 0 Å². The first-order valence-electron chi connectivity index (χ1n) is 3.15. The Bertz CT molecular complexity index is 291. The van der Waals surface area contributed by atoms with E-state index in [-0.39, 0.29) is 0 Å². The van der Waals surface area contributed by atoms with Gasteiger partial charge in [-0.3, -0.25) is 4.98 Å². The van der Waals surface area contributed by atoms with Gasteiger partial charge in [0.2, 0.25) is 0 Å². The molecule has 0 amide bonds. The van der Waals surface area contributed by atoms with Crippen molar-refractivity contribution in [2.24, 2.45) is 0 Å². The lowest BCUT2D eigenvalue weighted by Gasteiger charge is -1.98. The maximum Gasteiger partial charge on any atom is 0.142 e. The molecule has 3 nitrogen and oxygen atoms in total. The first kappa shape index (κ1) is 7.47. The van der Waals surface area contributed by atoms with E-state index in [4.69, 9.17) is 5.73 Å². The first-order valence-corrected chi connectivity index (χ1v) is 3.15. The normalized spacial score (nSPS) is 9.09. The molecule has 0 spiro atoms. The minimum absolute atomic E-state index is 0.394. The number of nitrogen functional groups attached to an aromatic ring is 1. The van der Waals surface area contributed by atoms with Gasteiger partial charge in [-0.15, -0.1) is 0 Å². The van der Waals surface area contributed by atoms with Crippen molar-refractivity contribution in [1.82, 2.24) is 9.97 Å². The van der Waals surface area contributed by atoms with Gasteiger partial charge in [0.25, 0.3) is 0 Å². The molecule has 0 unspecified atom stereocenters. The Morgan fingerprint density at radius 1 is 1.27 bits per heavy atom.